The molecule has 2 fully saturated rings. The molecule has 0 spiro atoms. The highest BCUT2D eigenvalue weighted by Gasteiger charge is 2.35. The molecule has 40 heavy (non-hydrogen) atoms. The van der Waals surface area contributed by atoms with Crippen LogP contribution in [0.1, 0.15) is 42.9 Å². The van der Waals surface area contributed by atoms with E-state index in [4.69, 9.17) is 14.5 Å². The van der Waals surface area contributed by atoms with E-state index >= 15 is 0 Å². The molecule has 0 radical (unpaired) electrons. The second-order valence-electron chi connectivity index (χ2n) is 11.0. The lowest BCUT2D eigenvalue weighted by atomic mass is 9.74. The summed E-state index contributed by atoms with van der Waals surface area (Å²) in [6, 6.07) is 11.9. The van der Waals surface area contributed by atoms with E-state index in [1.165, 1.54) is 0 Å². The van der Waals surface area contributed by atoms with E-state index in [0.29, 0.717) is 6.42 Å². The number of piperidine rings is 1. The average molecular weight is 567 g/mol. The van der Waals surface area contributed by atoms with Crippen molar-refractivity contribution >= 4 is 22.7 Å². The molecule has 216 valence electrons. The lowest BCUT2D eigenvalue weighted by Gasteiger charge is -2.41. The summed E-state index contributed by atoms with van der Waals surface area (Å²) < 4.78 is 11.1. The number of hydrogen-bond donors (Lipinski definition) is 2. The minimum atomic E-state index is -0.648. The monoisotopic (exact) mass is 566 g/mol. The molecular weight excluding hydrogens is 524 g/mol. The first-order valence-electron chi connectivity index (χ1n) is 14.4. The van der Waals surface area contributed by atoms with Gasteiger partial charge < -0.3 is 24.6 Å². The number of aliphatic hydroxyl groups is 2. The van der Waals surface area contributed by atoms with Gasteiger partial charge in [0.2, 0.25) is 0 Å². The molecule has 2 saturated heterocycles. The van der Waals surface area contributed by atoms with Gasteiger partial charge in [-0.05, 0) is 85.6 Å². The van der Waals surface area contributed by atoms with Crippen molar-refractivity contribution in [3.8, 4) is 5.75 Å². The zero-order chi connectivity index (χ0) is 27.8. The standard InChI is InChI=1S/C31H42N4O4S/c1-38-25-5-6-27-26(20-25)30(24(21-33-27)22-35-14-17-39-18-15-35)28(37)7-8-31(23-36)9-12-34(13-10-31)16-19-40-29-4-2-3-11-32-29/h2-6,11,20-21,28,36-37H,7-10,12-19,22-23H2,1H3/t28-/m0/s1. The van der Waals surface area contributed by atoms with E-state index in [9.17, 15) is 10.2 Å². The molecule has 4 heterocycles. The summed E-state index contributed by atoms with van der Waals surface area (Å²) in [6.07, 6.45) is 6.38. The number of ether oxygens (including phenoxy) is 2. The maximum Gasteiger partial charge on any atom is 0.119 e. The van der Waals surface area contributed by atoms with E-state index in [0.717, 1.165) is 110 Å². The van der Waals surface area contributed by atoms with Crippen molar-refractivity contribution < 1.29 is 19.7 Å². The maximum absolute atomic E-state index is 11.7. The van der Waals surface area contributed by atoms with Gasteiger partial charge in [0.25, 0.3) is 0 Å². The number of thioether (sulfide) groups is 1. The number of pyridine rings is 2. The predicted molar refractivity (Wildman–Crippen MR) is 159 cm³/mol. The first-order valence-corrected chi connectivity index (χ1v) is 15.4. The molecular formula is C31H42N4O4S. The molecule has 2 aliphatic rings. The van der Waals surface area contributed by atoms with Crippen molar-refractivity contribution in [1.29, 1.82) is 0 Å². The highest BCUT2D eigenvalue weighted by Crippen LogP contribution is 2.40. The quantitative estimate of drug-likeness (QED) is 0.314. The van der Waals surface area contributed by atoms with Crippen molar-refractivity contribution in [2.75, 3.05) is 65.4 Å². The molecule has 2 aliphatic heterocycles. The number of fused-ring (bicyclic) bond motifs is 1. The second-order valence-corrected chi connectivity index (χ2v) is 12.2. The fourth-order valence-corrected chi connectivity index (χ4v) is 6.79. The summed E-state index contributed by atoms with van der Waals surface area (Å²) in [5, 5.41) is 24.2. The number of morpholine rings is 1. The molecule has 0 aliphatic carbocycles. The zero-order valence-corrected chi connectivity index (χ0v) is 24.3. The van der Waals surface area contributed by atoms with Gasteiger partial charge in [-0.15, -0.1) is 11.8 Å². The van der Waals surface area contributed by atoms with Crippen LogP contribution in [0.15, 0.2) is 53.8 Å². The Morgan fingerprint density at radius 1 is 1.07 bits per heavy atom. The van der Waals surface area contributed by atoms with Crippen molar-refractivity contribution in [3.05, 3.63) is 59.9 Å². The van der Waals surface area contributed by atoms with Gasteiger partial charge in [0, 0.05) is 56.3 Å². The molecule has 0 saturated carbocycles. The molecule has 1 atom stereocenters. The first-order chi connectivity index (χ1) is 19.6. The Balaban J connectivity index is 1.24. The van der Waals surface area contributed by atoms with Gasteiger partial charge in [-0.25, -0.2) is 4.98 Å². The van der Waals surface area contributed by atoms with Crippen LogP contribution in [0.2, 0.25) is 0 Å². The fourth-order valence-electron chi connectivity index (χ4n) is 5.92. The van der Waals surface area contributed by atoms with Crippen molar-refractivity contribution in [2.45, 2.75) is 43.4 Å². The largest absolute Gasteiger partial charge is 0.497 e. The average Bonchev–Trinajstić information content (AvgIpc) is 3.01. The van der Waals surface area contributed by atoms with Crippen LogP contribution in [0.4, 0.5) is 0 Å². The highest BCUT2D eigenvalue weighted by atomic mass is 32.2. The molecule has 5 rings (SSSR count). The lowest BCUT2D eigenvalue weighted by Crippen LogP contribution is -2.43. The van der Waals surface area contributed by atoms with Gasteiger partial charge in [0.1, 0.15) is 5.75 Å². The van der Waals surface area contributed by atoms with Crippen LogP contribution < -0.4 is 4.74 Å². The minimum Gasteiger partial charge on any atom is -0.497 e. The molecule has 0 bridgehead atoms. The summed E-state index contributed by atoms with van der Waals surface area (Å²) in [6.45, 7) is 7.03. The zero-order valence-electron chi connectivity index (χ0n) is 23.5. The lowest BCUT2D eigenvalue weighted by molar-refractivity contribution is 0.0245. The van der Waals surface area contributed by atoms with E-state index in [1.54, 1.807) is 18.9 Å². The third-order valence-corrected chi connectivity index (χ3v) is 9.45. The topological polar surface area (TPSA) is 91.2 Å². The van der Waals surface area contributed by atoms with Crippen LogP contribution in [0.3, 0.4) is 0 Å². The van der Waals surface area contributed by atoms with Crippen LogP contribution in [0.25, 0.3) is 10.9 Å². The Morgan fingerprint density at radius 3 is 2.62 bits per heavy atom. The van der Waals surface area contributed by atoms with E-state index in [-0.39, 0.29) is 12.0 Å². The molecule has 0 amide bonds. The van der Waals surface area contributed by atoms with Gasteiger partial charge in [-0.1, -0.05) is 6.07 Å². The summed E-state index contributed by atoms with van der Waals surface area (Å²) >= 11 is 1.79. The highest BCUT2D eigenvalue weighted by molar-refractivity contribution is 7.99. The van der Waals surface area contributed by atoms with Crippen molar-refractivity contribution in [3.63, 3.8) is 0 Å². The van der Waals surface area contributed by atoms with Gasteiger partial charge in [0.05, 0.1) is 37.0 Å². The molecule has 0 unspecified atom stereocenters. The molecule has 9 heteroatoms. The number of aromatic nitrogens is 2. The van der Waals surface area contributed by atoms with Gasteiger partial charge in [-0.3, -0.25) is 9.88 Å². The summed E-state index contributed by atoms with van der Waals surface area (Å²) in [4.78, 5) is 14.0. The number of likely N-dealkylation sites (tertiary alicyclic amines) is 1. The van der Waals surface area contributed by atoms with Crippen molar-refractivity contribution in [1.82, 2.24) is 19.8 Å². The fraction of sp³-hybridized carbons (Fsp3) is 0.548. The Morgan fingerprint density at radius 2 is 1.90 bits per heavy atom. The number of hydrogen-bond acceptors (Lipinski definition) is 9. The SMILES string of the molecule is COc1ccc2ncc(CN3CCOCC3)c([C@@H](O)CCC3(CO)CCN(CCSc4ccccn4)CC3)c2c1. The Hall–Kier alpha value is -2.27. The molecule has 1 aromatic carbocycles. The minimum absolute atomic E-state index is 0.155. The smallest absolute Gasteiger partial charge is 0.119 e. The Bertz CT molecular complexity index is 1220. The predicted octanol–water partition coefficient (Wildman–Crippen LogP) is 4.15. The third-order valence-electron chi connectivity index (χ3n) is 8.53. The molecule has 2 aromatic heterocycles. The van der Waals surface area contributed by atoms with Gasteiger partial charge in [0.15, 0.2) is 0 Å². The third kappa shape index (κ3) is 7.32. The second kappa shape index (κ2) is 14.1. The number of aliphatic hydroxyl groups excluding tert-OH is 2. The summed E-state index contributed by atoms with van der Waals surface area (Å²) in [7, 11) is 1.66. The van der Waals surface area contributed by atoms with Crippen LogP contribution in [0.5, 0.6) is 5.75 Å². The van der Waals surface area contributed by atoms with E-state index in [1.807, 2.05) is 42.7 Å². The number of methoxy groups -OCH3 is 1. The molecule has 8 nitrogen and oxygen atoms in total. The van der Waals surface area contributed by atoms with Gasteiger partial charge in [-0.2, -0.15) is 0 Å². The van der Waals surface area contributed by atoms with Crippen molar-refractivity contribution in [2.24, 2.45) is 5.41 Å². The molecule has 3 aromatic rings. The first kappa shape index (κ1) is 29.2. The maximum atomic E-state index is 11.7. The number of benzene rings is 1. The van der Waals surface area contributed by atoms with Crippen LogP contribution >= 0.6 is 11.8 Å². The van der Waals surface area contributed by atoms with E-state index in [2.05, 4.69) is 20.9 Å². The number of rotatable bonds is 12. The Labute approximate surface area is 241 Å². The normalized spacial score (nSPS) is 19.1. The van der Waals surface area contributed by atoms with Crippen LogP contribution in [0, 0.1) is 5.41 Å². The number of nitrogens with zero attached hydrogens (tertiary/aromatic N) is 4. The summed E-state index contributed by atoms with van der Waals surface area (Å²) in [5.74, 6) is 1.76. The van der Waals surface area contributed by atoms with Crippen LogP contribution in [-0.4, -0.2) is 95.4 Å². The molecule has 2 N–H and O–H groups in total. The van der Waals surface area contributed by atoms with E-state index < -0.39 is 6.10 Å². The van der Waals surface area contributed by atoms with Crippen LogP contribution in [-0.2, 0) is 11.3 Å². The Kier molecular flexibility index (Phi) is 10.3. The summed E-state index contributed by atoms with van der Waals surface area (Å²) in [5.41, 5.74) is 2.69. The van der Waals surface area contributed by atoms with Gasteiger partial charge >= 0.3 is 0 Å².